The molecule has 31 heavy (non-hydrogen) atoms. The largest absolute Gasteiger partial charge is 0.494 e. The Balaban J connectivity index is 1.31. The van der Waals surface area contributed by atoms with Crippen LogP contribution in [0, 0.1) is 0 Å². The molecule has 3 aliphatic heterocycles. The van der Waals surface area contributed by atoms with Crippen LogP contribution in [0.5, 0.6) is 5.75 Å². The molecule has 3 nitrogen and oxygen atoms in total. The van der Waals surface area contributed by atoms with Crippen molar-refractivity contribution in [1.82, 2.24) is 9.80 Å². The van der Waals surface area contributed by atoms with Crippen molar-refractivity contribution >= 4 is 23.2 Å². The van der Waals surface area contributed by atoms with Gasteiger partial charge in [0.1, 0.15) is 5.75 Å². The Labute approximate surface area is 196 Å². The van der Waals surface area contributed by atoms with Crippen LogP contribution in [-0.4, -0.2) is 49.1 Å². The Bertz CT molecular complexity index is 912. The molecule has 0 aromatic heterocycles. The van der Waals surface area contributed by atoms with Crippen molar-refractivity contribution in [3.05, 3.63) is 63.1 Å². The van der Waals surface area contributed by atoms with Gasteiger partial charge in [0.2, 0.25) is 0 Å². The van der Waals surface area contributed by atoms with Gasteiger partial charge >= 0.3 is 0 Å². The van der Waals surface area contributed by atoms with Gasteiger partial charge in [-0.1, -0.05) is 41.8 Å². The second kappa shape index (κ2) is 9.70. The van der Waals surface area contributed by atoms with Crippen molar-refractivity contribution in [2.45, 2.75) is 50.5 Å². The van der Waals surface area contributed by atoms with E-state index >= 15 is 0 Å². The molecule has 0 aliphatic carbocycles. The first-order valence-electron chi connectivity index (χ1n) is 11.9. The van der Waals surface area contributed by atoms with Gasteiger partial charge in [0.25, 0.3) is 0 Å². The molecule has 166 valence electrons. The summed E-state index contributed by atoms with van der Waals surface area (Å²) in [6.07, 6.45) is 7.69. The molecule has 2 aromatic rings. The highest BCUT2D eigenvalue weighted by atomic mass is 35.5. The summed E-state index contributed by atoms with van der Waals surface area (Å²) < 4.78 is 6.20. The van der Waals surface area contributed by atoms with Crippen LogP contribution < -0.4 is 4.74 Å². The van der Waals surface area contributed by atoms with E-state index in [-0.39, 0.29) is 0 Å². The first-order chi connectivity index (χ1) is 15.2. The van der Waals surface area contributed by atoms with Crippen molar-refractivity contribution in [3.8, 4) is 5.75 Å². The minimum Gasteiger partial charge on any atom is -0.494 e. The maximum Gasteiger partial charge on any atom is 0.119 e. The number of hydrogen-bond donors (Lipinski definition) is 0. The smallest absolute Gasteiger partial charge is 0.119 e. The van der Waals surface area contributed by atoms with E-state index in [0.29, 0.717) is 22.0 Å². The first-order valence-corrected chi connectivity index (χ1v) is 12.6. The Morgan fingerprint density at radius 2 is 1.74 bits per heavy atom. The maximum atomic E-state index is 6.35. The van der Waals surface area contributed by atoms with E-state index < -0.39 is 0 Å². The molecule has 0 spiro atoms. The summed E-state index contributed by atoms with van der Waals surface area (Å²) in [7, 11) is 0. The molecule has 3 heterocycles. The Kier molecular flexibility index (Phi) is 6.75. The number of halogens is 2. The van der Waals surface area contributed by atoms with Crippen molar-refractivity contribution < 1.29 is 4.74 Å². The van der Waals surface area contributed by atoms with Crippen LogP contribution in [0.4, 0.5) is 0 Å². The SMILES string of the molecule is Clc1ccc(C2CN3CCCC3c3cc(OCCCN4CCCCC4)ccc32)cc1Cl. The molecule has 2 aromatic carbocycles. The molecule has 2 unspecified atom stereocenters. The average Bonchev–Trinajstić information content (AvgIpc) is 3.28. The number of benzene rings is 2. The van der Waals surface area contributed by atoms with E-state index in [4.69, 9.17) is 27.9 Å². The predicted octanol–water partition coefficient (Wildman–Crippen LogP) is 6.53. The Morgan fingerprint density at radius 1 is 0.871 bits per heavy atom. The minimum absolute atomic E-state index is 0.326. The van der Waals surface area contributed by atoms with Crippen LogP contribution in [0.15, 0.2) is 36.4 Å². The van der Waals surface area contributed by atoms with E-state index in [2.05, 4.69) is 34.1 Å². The van der Waals surface area contributed by atoms with Crippen LogP contribution in [0.3, 0.4) is 0 Å². The van der Waals surface area contributed by atoms with Crippen LogP contribution >= 0.6 is 23.2 Å². The van der Waals surface area contributed by atoms with E-state index in [1.165, 1.54) is 68.4 Å². The highest BCUT2D eigenvalue weighted by Gasteiger charge is 2.36. The summed E-state index contributed by atoms with van der Waals surface area (Å²) in [5.74, 6) is 1.34. The molecule has 3 aliphatic rings. The molecule has 2 fully saturated rings. The van der Waals surface area contributed by atoms with Gasteiger partial charge in [0.05, 0.1) is 16.7 Å². The molecule has 2 atom stereocenters. The van der Waals surface area contributed by atoms with E-state index in [9.17, 15) is 0 Å². The lowest BCUT2D eigenvalue weighted by Gasteiger charge is -2.38. The molecule has 0 amide bonds. The normalized spacial score (nSPS) is 24.1. The van der Waals surface area contributed by atoms with Crippen molar-refractivity contribution in [3.63, 3.8) is 0 Å². The van der Waals surface area contributed by atoms with Crippen molar-refractivity contribution in [1.29, 1.82) is 0 Å². The molecular formula is C26H32Cl2N2O. The average molecular weight is 459 g/mol. The summed E-state index contributed by atoms with van der Waals surface area (Å²) in [6, 6.07) is 13.4. The molecule has 0 saturated carbocycles. The lowest BCUT2D eigenvalue weighted by Crippen LogP contribution is -2.34. The molecule has 0 radical (unpaired) electrons. The zero-order valence-corrected chi connectivity index (χ0v) is 19.7. The summed E-state index contributed by atoms with van der Waals surface area (Å²) in [6.45, 7) is 6.67. The fraction of sp³-hybridized carbons (Fsp3) is 0.538. The third-order valence-electron chi connectivity index (χ3n) is 7.26. The van der Waals surface area contributed by atoms with Gasteiger partial charge in [0.15, 0.2) is 0 Å². The zero-order valence-electron chi connectivity index (χ0n) is 18.2. The minimum atomic E-state index is 0.326. The zero-order chi connectivity index (χ0) is 21.2. The summed E-state index contributed by atoms with van der Waals surface area (Å²) >= 11 is 12.5. The number of ether oxygens (including phenoxy) is 1. The predicted molar refractivity (Wildman–Crippen MR) is 129 cm³/mol. The van der Waals surface area contributed by atoms with Crippen LogP contribution in [-0.2, 0) is 0 Å². The van der Waals surface area contributed by atoms with E-state index in [1.54, 1.807) is 0 Å². The van der Waals surface area contributed by atoms with Gasteiger partial charge in [-0.2, -0.15) is 0 Å². The van der Waals surface area contributed by atoms with Gasteiger partial charge in [-0.05, 0) is 92.7 Å². The van der Waals surface area contributed by atoms with Gasteiger partial charge in [-0.15, -0.1) is 0 Å². The number of piperidine rings is 1. The van der Waals surface area contributed by atoms with Gasteiger partial charge in [-0.25, -0.2) is 0 Å². The van der Waals surface area contributed by atoms with Crippen LogP contribution in [0.1, 0.15) is 67.2 Å². The number of likely N-dealkylation sites (tertiary alicyclic amines) is 1. The van der Waals surface area contributed by atoms with Gasteiger partial charge in [0, 0.05) is 25.0 Å². The molecular weight excluding hydrogens is 427 g/mol. The maximum absolute atomic E-state index is 6.35. The number of rotatable bonds is 6. The number of fused-ring (bicyclic) bond motifs is 3. The molecule has 0 N–H and O–H groups in total. The standard InChI is InChI=1S/C26H32Cl2N2O/c27-24-10-7-19(16-25(24)28)23-18-30-14-4-6-26(30)22-17-20(8-9-21(22)23)31-15-5-13-29-11-2-1-3-12-29/h7-10,16-17,23,26H,1-6,11-15,18H2. The third kappa shape index (κ3) is 4.75. The number of nitrogens with zero attached hydrogens (tertiary/aromatic N) is 2. The summed E-state index contributed by atoms with van der Waals surface area (Å²) in [5, 5.41) is 1.26. The second-order valence-corrected chi connectivity index (χ2v) is 10.1. The Hall–Kier alpha value is -1.26. The number of hydrogen-bond acceptors (Lipinski definition) is 3. The second-order valence-electron chi connectivity index (χ2n) is 9.27. The first kappa shape index (κ1) is 21.6. The highest BCUT2D eigenvalue weighted by molar-refractivity contribution is 6.42. The summed E-state index contributed by atoms with van der Waals surface area (Å²) in [4.78, 5) is 5.22. The topological polar surface area (TPSA) is 15.7 Å². The quantitative estimate of drug-likeness (QED) is 0.457. The molecule has 0 bridgehead atoms. The monoisotopic (exact) mass is 458 g/mol. The van der Waals surface area contributed by atoms with Gasteiger partial charge in [-0.3, -0.25) is 4.90 Å². The Morgan fingerprint density at radius 3 is 2.58 bits per heavy atom. The molecule has 5 heteroatoms. The van der Waals surface area contributed by atoms with Crippen LogP contribution in [0.2, 0.25) is 10.0 Å². The molecule has 5 rings (SSSR count). The van der Waals surface area contributed by atoms with E-state index in [0.717, 1.165) is 31.9 Å². The van der Waals surface area contributed by atoms with Crippen LogP contribution in [0.25, 0.3) is 0 Å². The lowest BCUT2D eigenvalue weighted by molar-refractivity contribution is 0.204. The lowest BCUT2D eigenvalue weighted by atomic mass is 9.81. The van der Waals surface area contributed by atoms with Crippen molar-refractivity contribution in [2.75, 3.05) is 39.3 Å². The fourth-order valence-electron chi connectivity index (χ4n) is 5.65. The highest BCUT2D eigenvalue weighted by Crippen LogP contribution is 2.45. The summed E-state index contributed by atoms with van der Waals surface area (Å²) in [5.41, 5.74) is 4.10. The molecule has 2 saturated heterocycles. The third-order valence-corrected chi connectivity index (χ3v) is 7.99. The van der Waals surface area contributed by atoms with E-state index in [1.807, 2.05) is 12.1 Å². The van der Waals surface area contributed by atoms with Crippen molar-refractivity contribution in [2.24, 2.45) is 0 Å². The van der Waals surface area contributed by atoms with Gasteiger partial charge < -0.3 is 9.64 Å². The fourth-order valence-corrected chi connectivity index (χ4v) is 5.96.